The second-order valence-electron chi connectivity index (χ2n) is 2.84. The highest BCUT2D eigenvalue weighted by atomic mass is 79.9. The Morgan fingerprint density at radius 2 is 1.77 bits per heavy atom. The predicted octanol–water partition coefficient (Wildman–Crippen LogP) is 3.27. The number of rotatable bonds is 4. The maximum absolute atomic E-state index is 8.78. The summed E-state index contributed by atoms with van der Waals surface area (Å²) in [7, 11) is 0. The smallest absolute Gasteiger partial charge is 0.0521 e. The van der Waals surface area contributed by atoms with Gasteiger partial charge in [0, 0.05) is 11.4 Å². The van der Waals surface area contributed by atoms with Crippen molar-refractivity contribution in [2.45, 2.75) is 16.1 Å². The number of hydrogen-bond donors (Lipinski definition) is 1. The highest BCUT2D eigenvalue weighted by Gasteiger charge is 2.16. The van der Waals surface area contributed by atoms with Crippen LogP contribution in [0.3, 0.4) is 0 Å². The minimum Gasteiger partial charge on any atom is -0.396 e. The lowest BCUT2D eigenvalue weighted by Crippen LogP contribution is -2.08. The van der Waals surface area contributed by atoms with Crippen LogP contribution in [0.5, 0.6) is 0 Å². The Balaban J connectivity index is 2.62. The number of aliphatic hydroxyl groups is 1. The molecule has 1 rings (SSSR count). The van der Waals surface area contributed by atoms with Crippen LogP contribution in [-0.2, 0) is 0 Å². The molecule has 13 heavy (non-hydrogen) atoms. The zero-order chi connectivity index (χ0) is 9.68. The molecule has 0 amide bonds. The van der Waals surface area contributed by atoms with Gasteiger partial charge >= 0.3 is 0 Å². The molecule has 0 saturated heterocycles. The molecule has 1 nitrogen and oxygen atoms in total. The Bertz CT molecular complexity index is 238. The Hall–Kier alpha value is 0.140. The van der Waals surface area contributed by atoms with Gasteiger partial charge in [0.15, 0.2) is 0 Å². The first-order valence-corrected chi connectivity index (χ1v) is 6.02. The largest absolute Gasteiger partial charge is 0.396 e. The monoisotopic (exact) mass is 306 g/mol. The van der Waals surface area contributed by atoms with E-state index in [2.05, 4.69) is 44.0 Å². The average Bonchev–Trinajstić information content (AvgIpc) is 2.18. The van der Waals surface area contributed by atoms with E-state index in [1.165, 1.54) is 5.56 Å². The van der Waals surface area contributed by atoms with Gasteiger partial charge in [0.25, 0.3) is 0 Å². The third-order valence-electron chi connectivity index (χ3n) is 1.84. The first-order valence-electron chi connectivity index (χ1n) is 4.19. The van der Waals surface area contributed by atoms with Crippen molar-refractivity contribution in [3.05, 3.63) is 35.9 Å². The van der Waals surface area contributed by atoms with E-state index in [0.29, 0.717) is 0 Å². The molecular formula is C10H12Br2O. The Labute approximate surface area is 95.4 Å². The molecule has 0 aliphatic heterocycles. The number of halogens is 2. The van der Waals surface area contributed by atoms with Crippen molar-refractivity contribution in [2.24, 2.45) is 0 Å². The lowest BCUT2D eigenvalue weighted by Gasteiger charge is -2.15. The highest BCUT2D eigenvalue weighted by molar-refractivity contribution is 9.12. The van der Waals surface area contributed by atoms with E-state index < -0.39 is 0 Å². The van der Waals surface area contributed by atoms with Crippen molar-refractivity contribution in [2.75, 3.05) is 6.61 Å². The molecule has 72 valence electrons. The normalized spacial score (nSPS) is 15.3. The molecule has 0 saturated carbocycles. The fourth-order valence-corrected chi connectivity index (χ4v) is 2.19. The van der Waals surface area contributed by atoms with Gasteiger partial charge in [0.1, 0.15) is 0 Å². The fourth-order valence-electron chi connectivity index (χ4n) is 1.12. The molecule has 0 radical (unpaired) electrons. The van der Waals surface area contributed by atoms with Crippen LogP contribution < -0.4 is 0 Å². The van der Waals surface area contributed by atoms with Crippen molar-refractivity contribution in [1.82, 2.24) is 0 Å². The molecule has 3 heteroatoms. The molecule has 0 aliphatic rings. The van der Waals surface area contributed by atoms with Crippen LogP contribution in [-0.4, -0.2) is 16.5 Å². The number of alkyl halides is 2. The van der Waals surface area contributed by atoms with Crippen molar-refractivity contribution >= 4 is 31.9 Å². The number of aliphatic hydroxyl groups excluding tert-OH is 1. The van der Waals surface area contributed by atoms with Crippen molar-refractivity contribution in [3.63, 3.8) is 0 Å². The molecular weight excluding hydrogens is 296 g/mol. The topological polar surface area (TPSA) is 20.2 Å². The van der Waals surface area contributed by atoms with E-state index >= 15 is 0 Å². The summed E-state index contributed by atoms with van der Waals surface area (Å²) in [5.74, 6) is 0. The SMILES string of the molecule is OCC[C@@H](Br)[C@@H](Br)c1ccccc1. The van der Waals surface area contributed by atoms with E-state index in [-0.39, 0.29) is 16.3 Å². The standard InChI is InChI=1S/C10H12Br2O/c11-9(6-7-13)10(12)8-4-2-1-3-5-8/h1-5,9-10,13H,6-7H2/t9-,10+/m1/s1. The second kappa shape index (κ2) is 5.78. The summed E-state index contributed by atoms with van der Waals surface area (Å²) >= 11 is 7.13. The minimum atomic E-state index is 0.213. The summed E-state index contributed by atoms with van der Waals surface area (Å²) < 4.78 is 0. The van der Waals surface area contributed by atoms with Crippen molar-refractivity contribution < 1.29 is 5.11 Å². The second-order valence-corrected chi connectivity index (χ2v) is 5.00. The minimum absolute atomic E-state index is 0.213. The van der Waals surface area contributed by atoms with Crippen LogP contribution in [0.15, 0.2) is 30.3 Å². The van der Waals surface area contributed by atoms with E-state index in [0.717, 1.165) is 6.42 Å². The summed E-state index contributed by atoms with van der Waals surface area (Å²) in [4.78, 5) is 0.542. The summed E-state index contributed by atoms with van der Waals surface area (Å²) in [5.41, 5.74) is 1.23. The quantitative estimate of drug-likeness (QED) is 0.847. The molecule has 0 heterocycles. The molecule has 1 aromatic rings. The predicted molar refractivity (Wildman–Crippen MR) is 62.5 cm³/mol. The van der Waals surface area contributed by atoms with Crippen LogP contribution in [0.25, 0.3) is 0 Å². The lowest BCUT2D eigenvalue weighted by atomic mass is 10.1. The maximum Gasteiger partial charge on any atom is 0.0521 e. The molecule has 2 atom stereocenters. The Morgan fingerprint density at radius 3 is 2.31 bits per heavy atom. The third-order valence-corrected chi connectivity index (χ3v) is 4.70. The van der Waals surface area contributed by atoms with Crippen LogP contribution in [0.2, 0.25) is 0 Å². The Kier molecular flexibility index (Phi) is 4.99. The van der Waals surface area contributed by atoms with Gasteiger partial charge in [0.2, 0.25) is 0 Å². The third kappa shape index (κ3) is 3.41. The van der Waals surface area contributed by atoms with E-state index in [9.17, 15) is 0 Å². The van der Waals surface area contributed by atoms with Gasteiger partial charge in [-0.2, -0.15) is 0 Å². The highest BCUT2D eigenvalue weighted by Crippen LogP contribution is 2.32. The van der Waals surface area contributed by atoms with Crippen LogP contribution in [0.4, 0.5) is 0 Å². The molecule has 0 aromatic heterocycles. The van der Waals surface area contributed by atoms with E-state index in [1.807, 2.05) is 18.2 Å². The zero-order valence-corrected chi connectivity index (χ0v) is 10.3. The van der Waals surface area contributed by atoms with Crippen LogP contribution >= 0.6 is 31.9 Å². The van der Waals surface area contributed by atoms with Gasteiger partial charge in [-0.15, -0.1) is 0 Å². The summed E-state index contributed by atoms with van der Waals surface area (Å²) in [6, 6.07) is 10.2. The molecule has 1 aromatic carbocycles. The van der Waals surface area contributed by atoms with Gasteiger partial charge < -0.3 is 5.11 Å². The van der Waals surface area contributed by atoms with Gasteiger partial charge in [-0.25, -0.2) is 0 Å². The molecule has 0 unspecified atom stereocenters. The van der Waals surface area contributed by atoms with Gasteiger partial charge in [-0.3, -0.25) is 0 Å². The van der Waals surface area contributed by atoms with Crippen molar-refractivity contribution in [3.8, 4) is 0 Å². The van der Waals surface area contributed by atoms with Gasteiger partial charge in [0.05, 0.1) is 4.83 Å². The van der Waals surface area contributed by atoms with Crippen molar-refractivity contribution in [1.29, 1.82) is 0 Å². The van der Waals surface area contributed by atoms with E-state index in [4.69, 9.17) is 5.11 Å². The molecule has 0 aliphatic carbocycles. The molecule has 1 N–H and O–H groups in total. The lowest BCUT2D eigenvalue weighted by molar-refractivity contribution is 0.287. The number of hydrogen-bond acceptors (Lipinski definition) is 1. The first kappa shape index (κ1) is 11.2. The average molecular weight is 308 g/mol. The van der Waals surface area contributed by atoms with Gasteiger partial charge in [-0.05, 0) is 12.0 Å². The van der Waals surface area contributed by atoms with E-state index in [1.54, 1.807) is 0 Å². The zero-order valence-electron chi connectivity index (χ0n) is 7.16. The summed E-state index contributed by atoms with van der Waals surface area (Å²) in [6.45, 7) is 0.213. The summed E-state index contributed by atoms with van der Waals surface area (Å²) in [6.07, 6.45) is 0.755. The molecule has 0 spiro atoms. The van der Waals surface area contributed by atoms with Crippen LogP contribution in [0, 0.1) is 0 Å². The first-order chi connectivity index (χ1) is 6.25. The fraction of sp³-hybridized carbons (Fsp3) is 0.400. The maximum atomic E-state index is 8.78. The molecule has 0 bridgehead atoms. The van der Waals surface area contributed by atoms with Gasteiger partial charge in [-0.1, -0.05) is 62.2 Å². The summed E-state index contributed by atoms with van der Waals surface area (Å²) in [5, 5.41) is 8.78. The molecule has 0 fully saturated rings. The Morgan fingerprint density at radius 1 is 1.15 bits per heavy atom. The van der Waals surface area contributed by atoms with Crippen LogP contribution in [0.1, 0.15) is 16.8 Å². The number of benzene rings is 1.